The Bertz CT molecular complexity index is 389. The van der Waals surface area contributed by atoms with E-state index in [4.69, 9.17) is 5.73 Å². The van der Waals surface area contributed by atoms with Crippen LogP contribution in [0.3, 0.4) is 0 Å². The Morgan fingerprint density at radius 3 is 2.47 bits per heavy atom. The van der Waals surface area contributed by atoms with E-state index in [1.54, 1.807) is 0 Å². The van der Waals surface area contributed by atoms with E-state index in [0.717, 1.165) is 0 Å². The molecule has 0 fully saturated rings. The molecule has 1 rings (SSSR count). The molecule has 1 heterocycles. The van der Waals surface area contributed by atoms with Crippen molar-refractivity contribution in [1.82, 2.24) is 4.98 Å². The van der Waals surface area contributed by atoms with Gasteiger partial charge in [-0.1, -0.05) is 0 Å². The average Bonchev–Trinajstić information content (AvgIpc) is 2.05. The van der Waals surface area contributed by atoms with E-state index < -0.39 is 35.6 Å². The van der Waals surface area contributed by atoms with Gasteiger partial charge in [0.2, 0.25) is 5.91 Å². The normalized spacial score (nSPS) is 11.5. The zero-order valence-corrected chi connectivity index (χ0v) is 7.31. The lowest BCUT2D eigenvalue weighted by molar-refractivity contribution is -0.138. The van der Waals surface area contributed by atoms with Crippen LogP contribution in [-0.2, 0) is 17.4 Å². The Balaban J connectivity index is 3.03. The lowest BCUT2D eigenvalue weighted by Gasteiger charge is -2.07. The summed E-state index contributed by atoms with van der Waals surface area (Å²) in [6.07, 6.45) is -4.72. The molecule has 0 unspecified atom stereocenters. The van der Waals surface area contributed by atoms with E-state index in [2.05, 4.69) is 4.98 Å². The molecule has 0 saturated heterocycles. The van der Waals surface area contributed by atoms with Crippen LogP contribution in [0.4, 0.5) is 17.6 Å². The van der Waals surface area contributed by atoms with Crippen LogP contribution in [0.25, 0.3) is 0 Å². The third-order valence-corrected chi connectivity index (χ3v) is 1.59. The van der Waals surface area contributed by atoms with Gasteiger partial charge in [-0.2, -0.15) is 13.2 Å². The number of carbonyl (C=O) groups excluding carboxylic acids is 1. The molecule has 0 spiro atoms. The summed E-state index contributed by atoms with van der Waals surface area (Å²) < 4.78 is 49.2. The van der Waals surface area contributed by atoms with E-state index in [1.165, 1.54) is 0 Å². The number of amides is 1. The molecule has 0 aliphatic heterocycles. The van der Waals surface area contributed by atoms with Crippen LogP contribution in [0.5, 0.6) is 0 Å². The van der Waals surface area contributed by atoms with E-state index in [1.807, 2.05) is 0 Å². The maximum atomic E-state index is 13.0. The van der Waals surface area contributed by atoms with Crippen LogP contribution < -0.4 is 5.73 Å². The molecule has 1 amide bonds. The molecule has 82 valence electrons. The zero-order valence-electron chi connectivity index (χ0n) is 7.31. The summed E-state index contributed by atoms with van der Waals surface area (Å²) in [6, 6.07) is 0.283. The number of nitrogens with zero attached hydrogens (tertiary/aromatic N) is 1. The molecule has 0 radical (unpaired) electrons. The van der Waals surface area contributed by atoms with Crippen LogP contribution in [0.15, 0.2) is 12.3 Å². The minimum atomic E-state index is -4.65. The Kier molecular flexibility index (Phi) is 2.92. The molecule has 15 heavy (non-hydrogen) atoms. The standard InChI is InChI=1S/C8H6F4N2O/c9-5-1-4(8(10,11)12)3-14-6(5)2-7(13)15/h1,3H,2H2,(H2,13,15). The van der Waals surface area contributed by atoms with Crippen molar-refractivity contribution in [3.8, 4) is 0 Å². The van der Waals surface area contributed by atoms with Gasteiger partial charge in [0, 0.05) is 6.20 Å². The third kappa shape index (κ3) is 2.90. The molecular weight excluding hydrogens is 216 g/mol. The molecule has 2 N–H and O–H groups in total. The van der Waals surface area contributed by atoms with Crippen LogP contribution in [0, 0.1) is 5.82 Å². The predicted molar refractivity (Wildman–Crippen MR) is 42.1 cm³/mol. The Morgan fingerprint density at radius 1 is 1.47 bits per heavy atom. The van der Waals surface area contributed by atoms with Crippen molar-refractivity contribution in [1.29, 1.82) is 0 Å². The smallest absolute Gasteiger partial charge is 0.369 e. The second-order valence-corrected chi connectivity index (χ2v) is 2.79. The molecule has 0 saturated carbocycles. The fraction of sp³-hybridized carbons (Fsp3) is 0.250. The highest BCUT2D eigenvalue weighted by Gasteiger charge is 2.31. The molecule has 0 aliphatic carbocycles. The Labute approximate surface area is 81.9 Å². The molecule has 0 atom stereocenters. The molecule has 3 nitrogen and oxygen atoms in total. The first kappa shape index (κ1) is 11.4. The highest BCUT2D eigenvalue weighted by atomic mass is 19.4. The van der Waals surface area contributed by atoms with Crippen molar-refractivity contribution in [3.05, 3.63) is 29.3 Å². The SMILES string of the molecule is NC(=O)Cc1ncc(C(F)(F)F)cc1F. The van der Waals surface area contributed by atoms with E-state index in [9.17, 15) is 22.4 Å². The summed E-state index contributed by atoms with van der Waals surface area (Å²) in [5.41, 5.74) is 3.16. The monoisotopic (exact) mass is 222 g/mol. The lowest BCUT2D eigenvalue weighted by Crippen LogP contribution is -2.16. The van der Waals surface area contributed by atoms with Gasteiger partial charge in [0.15, 0.2) is 0 Å². The molecule has 1 aromatic rings. The molecule has 0 aromatic carbocycles. The number of halogens is 4. The van der Waals surface area contributed by atoms with Gasteiger partial charge in [-0.15, -0.1) is 0 Å². The summed E-state index contributed by atoms with van der Waals surface area (Å²) >= 11 is 0. The number of aromatic nitrogens is 1. The quantitative estimate of drug-likeness (QED) is 0.766. The second-order valence-electron chi connectivity index (χ2n) is 2.79. The highest BCUT2D eigenvalue weighted by molar-refractivity contribution is 5.76. The highest BCUT2D eigenvalue weighted by Crippen LogP contribution is 2.29. The molecular formula is C8H6F4N2O. The van der Waals surface area contributed by atoms with Gasteiger partial charge in [-0.05, 0) is 6.07 Å². The van der Waals surface area contributed by atoms with Crippen molar-refractivity contribution in [2.24, 2.45) is 5.73 Å². The topological polar surface area (TPSA) is 56.0 Å². The van der Waals surface area contributed by atoms with Crippen LogP contribution >= 0.6 is 0 Å². The molecule has 0 bridgehead atoms. The van der Waals surface area contributed by atoms with Crippen molar-refractivity contribution < 1.29 is 22.4 Å². The van der Waals surface area contributed by atoms with Crippen molar-refractivity contribution in [3.63, 3.8) is 0 Å². The van der Waals surface area contributed by atoms with Gasteiger partial charge in [0.25, 0.3) is 0 Å². The van der Waals surface area contributed by atoms with Gasteiger partial charge >= 0.3 is 6.18 Å². The molecule has 7 heteroatoms. The van der Waals surface area contributed by atoms with Gasteiger partial charge in [-0.3, -0.25) is 9.78 Å². The number of hydrogen-bond donors (Lipinski definition) is 1. The number of pyridine rings is 1. The minimum absolute atomic E-state index is 0.283. The van der Waals surface area contributed by atoms with E-state index in [-0.39, 0.29) is 6.07 Å². The fourth-order valence-corrected chi connectivity index (χ4v) is 0.916. The number of alkyl halides is 3. The summed E-state index contributed by atoms with van der Waals surface area (Å²) in [5.74, 6) is -2.05. The van der Waals surface area contributed by atoms with Gasteiger partial charge in [0.05, 0.1) is 17.7 Å². The largest absolute Gasteiger partial charge is 0.417 e. The van der Waals surface area contributed by atoms with Gasteiger partial charge < -0.3 is 5.73 Å². The van der Waals surface area contributed by atoms with Gasteiger partial charge in [-0.25, -0.2) is 4.39 Å². The Hall–Kier alpha value is -1.66. The van der Waals surface area contributed by atoms with Crippen LogP contribution in [-0.4, -0.2) is 10.9 Å². The van der Waals surface area contributed by atoms with Crippen molar-refractivity contribution >= 4 is 5.91 Å². The number of hydrogen-bond acceptors (Lipinski definition) is 2. The first-order valence-corrected chi connectivity index (χ1v) is 3.80. The van der Waals surface area contributed by atoms with Crippen LogP contribution in [0.2, 0.25) is 0 Å². The number of rotatable bonds is 2. The predicted octanol–water partition coefficient (Wildman–Crippen LogP) is 1.27. The lowest BCUT2D eigenvalue weighted by atomic mass is 10.2. The fourth-order valence-electron chi connectivity index (χ4n) is 0.916. The molecule has 1 aromatic heterocycles. The number of carbonyl (C=O) groups is 1. The van der Waals surface area contributed by atoms with Crippen LogP contribution in [0.1, 0.15) is 11.3 Å². The molecule has 0 aliphatic rings. The van der Waals surface area contributed by atoms with Gasteiger partial charge in [0.1, 0.15) is 5.82 Å². The first-order valence-electron chi connectivity index (χ1n) is 3.80. The zero-order chi connectivity index (χ0) is 11.6. The summed E-state index contributed by atoms with van der Waals surface area (Å²) in [4.78, 5) is 13.6. The first-order chi connectivity index (χ1) is 6.80. The van der Waals surface area contributed by atoms with Crippen molar-refractivity contribution in [2.75, 3.05) is 0 Å². The average molecular weight is 222 g/mol. The third-order valence-electron chi connectivity index (χ3n) is 1.59. The second kappa shape index (κ2) is 3.84. The number of nitrogens with two attached hydrogens (primary N) is 1. The number of primary amides is 1. The van der Waals surface area contributed by atoms with E-state index in [0.29, 0.717) is 6.20 Å². The maximum Gasteiger partial charge on any atom is 0.417 e. The van der Waals surface area contributed by atoms with Crippen molar-refractivity contribution in [2.45, 2.75) is 12.6 Å². The van der Waals surface area contributed by atoms with E-state index >= 15 is 0 Å². The Morgan fingerprint density at radius 2 is 2.07 bits per heavy atom. The summed E-state index contributed by atoms with van der Waals surface area (Å²) in [7, 11) is 0. The summed E-state index contributed by atoms with van der Waals surface area (Å²) in [5, 5.41) is 0. The minimum Gasteiger partial charge on any atom is -0.369 e. The summed E-state index contributed by atoms with van der Waals surface area (Å²) in [6.45, 7) is 0. The maximum absolute atomic E-state index is 13.0.